The predicted octanol–water partition coefficient (Wildman–Crippen LogP) is 3.53. The van der Waals surface area contributed by atoms with E-state index in [4.69, 9.17) is 4.74 Å². The van der Waals surface area contributed by atoms with E-state index in [1.54, 1.807) is 23.1 Å². The molecule has 10 heteroatoms. The Morgan fingerprint density at radius 1 is 1.22 bits per heavy atom. The lowest BCUT2D eigenvalue weighted by Crippen LogP contribution is -2.43. The fraction of sp³-hybridized carbons (Fsp3) is 0.615. The van der Waals surface area contributed by atoms with Gasteiger partial charge in [-0.05, 0) is 70.1 Å². The minimum atomic E-state index is -0.527. The lowest BCUT2D eigenvalue weighted by molar-refractivity contribution is -0.140. The maximum atomic E-state index is 12.9. The standard InChI is InChI=1S/C26H38N4O6/c1-26(2,3)36-25(34)30-13-10-19(11-14-30)9-12-29(15-16-31)24(33)28-22-7-5-20(17-21(22)18-27)6-8-23(32)35-4/h5,7,17,19,31H,6,8-16H2,1-4H3,(H,28,33). The van der Waals surface area contributed by atoms with Crippen molar-refractivity contribution in [2.45, 2.75) is 58.5 Å². The van der Waals surface area contributed by atoms with Crippen molar-refractivity contribution < 1.29 is 29.0 Å². The van der Waals surface area contributed by atoms with E-state index < -0.39 is 11.6 Å². The summed E-state index contributed by atoms with van der Waals surface area (Å²) in [6.45, 7) is 7.19. The van der Waals surface area contributed by atoms with Gasteiger partial charge in [-0.3, -0.25) is 4.79 Å². The van der Waals surface area contributed by atoms with Crippen molar-refractivity contribution in [1.29, 1.82) is 5.26 Å². The van der Waals surface area contributed by atoms with Crippen molar-refractivity contribution in [3.63, 3.8) is 0 Å². The second-order valence-corrected chi connectivity index (χ2v) is 9.91. The summed E-state index contributed by atoms with van der Waals surface area (Å²) in [4.78, 5) is 39.8. The van der Waals surface area contributed by atoms with Crippen LogP contribution < -0.4 is 5.32 Å². The van der Waals surface area contributed by atoms with E-state index in [0.717, 1.165) is 24.8 Å². The number of nitrogens with zero attached hydrogens (tertiary/aromatic N) is 3. The summed E-state index contributed by atoms with van der Waals surface area (Å²) >= 11 is 0. The van der Waals surface area contributed by atoms with Crippen molar-refractivity contribution in [3.05, 3.63) is 29.3 Å². The summed E-state index contributed by atoms with van der Waals surface area (Å²) in [6.07, 6.45) is 2.71. The first-order chi connectivity index (χ1) is 17.1. The number of hydrogen-bond donors (Lipinski definition) is 2. The molecule has 36 heavy (non-hydrogen) atoms. The van der Waals surface area contributed by atoms with Crippen molar-refractivity contribution in [1.82, 2.24) is 9.80 Å². The molecule has 0 aliphatic carbocycles. The molecule has 1 fully saturated rings. The topological polar surface area (TPSA) is 132 Å². The average molecular weight is 503 g/mol. The molecule has 0 saturated carbocycles. The van der Waals surface area contributed by atoms with Gasteiger partial charge in [0.25, 0.3) is 0 Å². The molecule has 1 aliphatic rings. The number of carbonyl (C=O) groups is 3. The molecule has 1 aliphatic heterocycles. The van der Waals surface area contributed by atoms with E-state index in [9.17, 15) is 24.8 Å². The fourth-order valence-corrected chi connectivity index (χ4v) is 4.00. The Morgan fingerprint density at radius 3 is 2.50 bits per heavy atom. The molecule has 1 aromatic carbocycles. The molecular formula is C26H38N4O6. The first kappa shape index (κ1) is 28.9. The Kier molecular flexibility index (Phi) is 11.0. The second-order valence-electron chi connectivity index (χ2n) is 9.91. The van der Waals surface area contributed by atoms with E-state index in [0.29, 0.717) is 43.2 Å². The number of likely N-dealkylation sites (tertiary alicyclic amines) is 1. The van der Waals surface area contributed by atoms with Gasteiger partial charge in [-0.2, -0.15) is 5.26 Å². The van der Waals surface area contributed by atoms with Gasteiger partial charge in [0, 0.05) is 32.6 Å². The molecule has 10 nitrogen and oxygen atoms in total. The highest BCUT2D eigenvalue weighted by Gasteiger charge is 2.27. The monoisotopic (exact) mass is 502 g/mol. The van der Waals surface area contributed by atoms with E-state index in [-0.39, 0.29) is 31.6 Å². The number of aryl methyl sites for hydroxylation is 1. The normalized spacial score (nSPS) is 14.1. The lowest BCUT2D eigenvalue weighted by Gasteiger charge is -2.34. The van der Waals surface area contributed by atoms with E-state index in [1.807, 2.05) is 20.8 Å². The highest BCUT2D eigenvalue weighted by atomic mass is 16.6. The maximum absolute atomic E-state index is 12.9. The van der Waals surface area contributed by atoms with Crippen LogP contribution in [0, 0.1) is 17.2 Å². The second kappa shape index (κ2) is 13.7. The van der Waals surface area contributed by atoms with Crippen molar-refractivity contribution in [2.75, 3.05) is 45.2 Å². The third kappa shape index (κ3) is 9.38. The van der Waals surface area contributed by atoms with Gasteiger partial charge in [0.1, 0.15) is 11.7 Å². The number of carbonyl (C=O) groups excluding carboxylic acids is 3. The van der Waals surface area contributed by atoms with Crippen LogP contribution in [0.15, 0.2) is 18.2 Å². The Balaban J connectivity index is 1.90. The van der Waals surface area contributed by atoms with Gasteiger partial charge in [0.05, 0.1) is 25.0 Å². The highest BCUT2D eigenvalue weighted by Crippen LogP contribution is 2.23. The number of benzene rings is 1. The SMILES string of the molecule is COC(=O)CCc1ccc(NC(=O)N(CCO)CCC2CCN(C(=O)OC(C)(C)C)CC2)c(C#N)c1. The molecule has 2 N–H and O–H groups in total. The van der Waals surface area contributed by atoms with Crippen LogP contribution in [0.25, 0.3) is 0 Å². The molecule has 3 amide bonds. The largest absolute Gasteiger partial charge is 0.469 e. The lowest BCUT2D eigenvalue weighted by atomic mass is 9.93. The van der Waals surface area contributed by atoms with Gasteiger partial charge in [0.15, 0.2) is 0 Å². The van der Waals surface area contributed by atoms with Crippen molar-refractivity contribution in [3.8, 4) is 6.07 Å². The van der Waals surface area contributed by atoms with Crippen LogP contribution in [0.4, 0.5) is 15.3 Å². The van der Waals surface area contributed by atoms with Gasteiger partial charge < -0.3 is 29.7 Å². The summed E-state index contributed by atoms with van der Waals surface area (Å²) in [6, 6.07) is 6.74. The highest BCUT2D eigenvalue weighted by molar-refractivity contribution is 5.91. The molecule has 0 radical (unpaired) electrons. The Bertz CT molecular complexity index is 945. The number of ether oxygens (including phenoxy) is 2. The minimum Gasteiger partial charge on any atom is -0.469 e. The predicted molar refractivity (Wildman–Crippen MR) is 134 cm³/mol. The molecule has 1 saturated heterocycles. The number of methoxy groups -OCH3 is 1. The van der Waals surface area contributed by atoms with Crippen LogP contribution >= 0.6 is 0 Å². The van der Waals surface area contributed by atoms with Gasteiger partial charge in [-0.1, -0.05) is 6.07 Å². The summed E-state index contributed by atoms with van der Waals surface area (Å²) < 4.78 is 10.1. The number of urea groups is 1. The number of anilines is 1. The quantitative estimate of drug-likeness (QED) is 0.494. The van der Waals surface area contributed by atoms with Gasteiger partial charge >= 0.3 is 18.1 Å². The number of aliphatic hydroxyl groups is 1. The molecule has 0 spiro atoms. The van der Waals surface area contributed by atoms with E-state index >= 15 is 0 Å². The van der Waals surface area contributed by atoms with Gasteiger partial charge in [0.2, 0.25) is 0 Å². The molecule has 1 heterocycles. The summed E-state index contributed by atoms with van der Waals surface area (Å²) in [5.41, 5.74) is 0.933. The van der Waals surface area contributed by atoms with Crippen LogP contribution in [0.2, 0.25) is 0 Å². The number of nitrogens with one attached hydrogen (secondary N) is 1. The zero-order valence-electron chi connectivity index (χ0n) is 21.7. The van der Waals surface area contributed by atoms with Gasteiger partial charge in [-0.25, -0.2) is 9.59 Å². The first-order valence-corrected chi connectivity index (χ1v) is 12.3. The smallest absolute Gasteiger partial charge is 0.410 e. The average Bonchev–Trinajstić information content (AvgIpc) is 2.84. The molecule has 0 atom stereocenters. The van der Waals surface area contributed by atoms with Crippen LogP contribution in [0.1, 0.15) is 57.6 Å². The van der Waals surface area contributed by atoms with Crippen molar-refractivity contribution in [2.24, 2.45) is 5.92 Å². The Morgan fingerprint density at radius 2 is 1.92 bits per heavy atom. The van der Waals surface area contributed by atoms with E-state index in [2.05, 4.69) is 16.1 Å². The molecule has 1 aromatic rings. The van der Waals surface area contributed by atoms with Gasteiger partial charge in [-0.15, -0.1) is 0 Å². The third-order valence-electron chi connectivity index (χ3n) is 6.02. The molecule has 198 valence electrons. The van der Waals surface area contributed by atoms with Crippen LogP contribution in [0.3, 0.4) is 0 Å². The molecule has 2 rings (SSSR count). The molecular weight excluding hydrogens is 464 g/mol. The number of nitriles is 1. The Hall–Kier alpha value is -3.32. The number of rotatable bonds is 9. The van der Waals surface area contributed by atoms with Crippen LogP contribution in [-0.2, 0) is 20.7 Å². The summed E-state index contributed by atoms with van der Waals surface area (Å²) in [5, 5.41) is 21.8. The van der Waals surface area contributed by atoms with Crippen LogP contribution in [-0.4, -0.2) is 78.5 Å². The third-order valence-corrected chi connectivity index (χ3v) is 6.02. The molecule has 0 bridgehead atoms. The van der Waals surface area contributed by atoms with Crippen molar-refractivity contribution >= 4 is 23.8 Å². The van der Waals surface area contributed by atoms with E-state index in [1.165, 1.54) is 12.0 Å². The summed E-state index contributed by atoms with van der Waals surface area (Å²) in [7, 11) is 1.33. The number of amides is 3. The Labute approximate surface area is 213 Å². The zero-order chi connectivity index (χ0) is 26.7. The molecule has 0 aromatic heterocycles. The fourth-order valence-electron chi connectivity index (χ4n) is 4.00. The first-order valence-electron chi connectivity index (χ1n) is 12.3. The molecule has 0 unspecified atom stereocenters. The summed E-state index contributed by atoms with van der Waals surface area (Å²) in [5.74, 6) is 0.0162. The number of hydrogen-bond acceptors (Lipinski definition) is 7. The maximum Gasteiger partial charge on any atom is 0.410 e. The number of aliphatic hydroxyl groups excluding tert-OH is 1. The number of piperidine rings is 1. The minimum absolute atomic E-state index is 0.168. The number of esters is 1. The van der Waals surface area contributed by atoms with Crippen LogP contribution in [0.5, 0.6) is 0 Å². The zero-order valence-corrected chi connectivity index (χ0v) is 21.7.